The summed E-state index contributed by atoms with van der Waals surface area (Å²) in [4.78, 5) is 11.8. The highest BCUT2D eigenvalue weighted by atomic mass is 16.5. The Bertz CT molecular complexity index is 457. The van der Waals surface area contributed by atoms with E-state index >= 15 is 0 Å². The first kappa shape index (κ1) is 11.6. The Morgan fingerprint density at radius 3 is 2.76 bits per heavy atom. The lowest BCUT2D eigenvalue weighted by Gasteiger charge is -2.14. The molecule has 1 atom stereocenters. The molecule has 2 nitrogen and oxygen atoms in total. The molecule has 0 heterocycles. The minimum absolute atomic E-state index is 0.111. The van der Waals surface area contributed by atoms with Crippen molar-refractivity contribution in [1.29, 1.82) is 0 Å². The van der Waals surface area contributed by atoms with E-state index in [1.807, 2.05) is 37.3 Å². The van der Waals surface area contributed by atoms with Gasteiger partial charge in [0.05, 0.1) is 6.42 Å². The summed E-state index contributed by atoms with van der Waals surface area (Å²) >= 11 is 0. The maximum atomic E-state index is 11.8. The van der Waals surface area contributed by atoms with Gasteiger partial charge in [-0.3, -0.25) is 4.79 Å². The van der Waals surface area contributed by atoms with E-state index in [9.17, 15) is 4.79 Å². The fraction of sp³-hybridized carbons (Fsp3) is 0.267. The third kappa shape index (κ3) is 2.47. The van der Waals surface area contributed by atoms with Crippen LogP contribution in [0.1, 0.15) is 19.8 Å². The van der Waals surface area contributed by atoms with Gasteiger partial charge >= 0.3 is 0 Å². The van der Waals surface area contributed by atoms with Crippen molar-refractivity contribution in [3.05, 3.63) is 54.1 Å². The molecule has 17 heavy (non-hydrogen) atoms. The monoisotopic (exact) mass is 228 g/mol. The second-order valence-corrected chi connectivity index (χ2v) is 4.20. The number of allylic oxidation sites excluding steroid dienone is 2. The Hall–Kier alpha value is -1.83. The smallest absolute Gasteiger partial charge is 0.163 e. The highest BCUT2D eigenvalue weighted by Gasteiger charge is 2.29. The normalized spacial score (nSPS) is 19.6. The molecule has 1 aromatic carbocycles. The molecule has 0 N–H and O–H groups in total. The SMILES string of the molecule is C=CCC1=C(C)C(Oc2ccccc2)CC1=O. The van der Waals surface area contributed by atoms with Crippen molar-refractivity contribution < 1.29 is 9.53 Å². The number of ether oxygens (including phenoxy) is 1. The number of rotatable bonds is 4. The molecule has 1 aliphatic carbocycles. The predicted molar refractivity (Wildman–Crippen MR) is 68.0 cm³/mol. The van der Waals surface area contributed by atoms with E-state index in [1.54, 1.807) is 6.08 Å². The van der Waals surface area contributed by atoms with E-state index in [0.29, 0.717) is 12.8 Å². The van der Waals surface area contributed by atoms with Crippen LogP contribution in [0.3, 0.4) is 0 Å². The fourth-order valence-corrected chi connectivity index (χ4v) is 2.07. The predicted octanol–water partition coefficient (Wildman–Crippen LogP) is 3.30. The summed E-state index contributed by atoms with van der Waals surface area (Å²) in [5, 5.41) is 0. The number of benzene rings is 1. The average molecular weight is 228 g/mol. The van der Waals surface area contributed by atoms with Crippen molar-refractivity contribution in [3.63, 3.8) is 0 Å². The number of para-hydroxylation sites is 1. The second-order valence-electron chi connectivity index (χ2n) is 4.20. The standard InChI is InChI=1S/C15H16O2/c1-3-7-13-11(2)15(10-14(13)16)17-12-8-5-4-6-9-12/h3-6,8-9,15H,1,7,10H2,2H3. The van der Waals surface area contributed by atoms with Crippen LogP contribution in [0.5, 0.6) is 5.75 Å². The summed E-state index contributed by atoms with van der Waals surface area (Å²) in [6, 6.07) is 9.61. The van der Waals surface area contributed by atoms with Gasteiger partial charge in [0.15, 0.2) is 5.78 Å². The molecule has 1 aromatic rings. The van der Waals surface area contributed by atoms with Gasteiger partial charge in [0.25, 0.3) is 0 Å². The lowest BCUT2D eigenvalue weighted by atomic mass is 10.1. The molecule has 0 fully saturated rings. The zero-order valence-corrected chi connectivity index (χ0v) is 9.98. The van der Waals surface area contributed by atoms with Crippen LogP contribution < -0.4 is 4.74 Å². The maximum absolute atomic E-state index is 11.8. The molecule has 1 aliphatic rings. The van der Waals surface area contributed by atoms with Gasteiger partial charge in [-0.05, 0) is 31.1 Å². The van der Waals surface area contributed by atoms with E-state index < -0.39 is 0 Å². The molecular formula is C15H16O2. The first-order chi connectivity index (χ1) is 8.22. The lowest BCUT2D eigenvalue weighted by Crippen LogP contribution is -2.15. The summed E-state index contributed by atoms with van der Waals surface area (Å²) in [6.45, 7) is 5.64. The van der Waals surface area contributed by atoms with Gasteiger partial charge in [-0.1, -0.05) is 24.3 Å². The minimum Gasteiger partial charge on any atom is -0.486 e. The van der Waals surface area contributed by atoms with Crippen LogP contribution in [-0.2, 0) is 4.79 Å². The first-order valence-electron chi connectivity index (χ1n) is 5.78. The topological polar surface area (TPSA) is 26.3 Å². The van der Waals surface area contributed by atoms with Crippen molar-refractivity contribution in [2.75, 3.05) is 0 Å². The summed E-state index contributed by atoms with van der Waals surface area (Å²) < 4.78 is 5.82. The molecule has 0 saturated carbocycles. The van der Waals surface area contributed by atoms with Crippen molar-refractivity contribution in [2.45, 2.75) is 25.9 Å². The van der Waals surface area contributed by atoms with Crippen LogP contribution in [-0.4, -0.2) is 11.9 Å². The number of hydrogen-bond acceptors (Lipinski definition) is 2. The van der Waals surface area contributed by atoms with Crippen molar-refractivity contribution in [1.82, 2.24) is 0 Å². The first-order valence-corrected chi connectivity index (χ1v) is 5.78. The number of carbonyl (C=O) groups is 1. The van der Waals surface area contributed by atoms with Crippen molar-refractivity contribution >= 4 is 5.78 Å². The second kappa shape index (κ2) is 5.00. The molecule has 0 aromatic heterocycles. The summed E-state index contributed by atoms with van der Waals surface area (Å²) in [5.41, 5.74) is 1.90. The van der Waals surface area contributed by atoms with E-state index in [-0.39, 0.29) is 11.9 Å². The van der Waals surface area contributed by atoms with Crippen LogP contribution in [0.15, 0.2) is 54.1 Å². The third-order valence-electron chi connectivity index (χ3n) is 3.04. The number of hydrogen-bond donors (Lipinski definition) is 0. The quantitative estimate of drug-likeness (QED) is 0.739. The number of carbonyl (C=O) groups excluding carboxylic acids is 1. The Morgan fingerprint density at radius 2 is 2.12 bits per heavy atom. The molecule has 1 unspecified atom stereocenters. The molecule has 0 spiro atoms. The summed E-state index contributed by atoms with van der Waals surface area (Å²) in [6.07, 6.45) is 2.74. The average Bonchev–Trinajstić information content (AvgIpc) is 2.59. The van der Waals surface area contributed by atoms with E-state index in [1.165, 1.54) is 0 Å². The molecule has 0 amide bonds. The van der Waals surface area contributed by atoms with Gasteiger partial charge < -0.3 is 4.74 Å². The third-order valence-corrected chi connectivity index (χ3v) is 3.04. The van der Waals surface area contributed by atoms with Crippen LogP contribution in [0, 0.1) is 0 Å². The van der Waals surface area contributed by atoms with Crippen LogP contribution in [0.4, 0.5) is 0 Å². The zero-order valence-electron chi connectivity index (χ0n) is 9.98. The van der Waals surface area contributed by atoms with E-state index in [2.05, 4.69) is 6.58 Å². The van der Waals surface area contributed by atoms with Gasteiger partial charge in [-0.15, -0.1) is 6.58 Å². The molecular weight excluding hydrogens is 212 g/mol. The van der Waals surface area contributed by atoms with Gasteiger partial charge in [0.1, 0.15) is 11.9 Å². The highest BCUT2D eigenvalue weighted by molar-refractivity contribution is 5.99. The molecule has 0 bridgehead atoms. The van der Waals surface area contributed by atoms with Gasteiger partial charge in [0.2, 0.25) is 0 Å². The van der Waals surface area contributed by atoms with Crippen molar-refractivity contribution in [3.8, 4) is 5.75 Å². The molecule has 2 heteroatoms. The Balaban J connectivity index is 2.14. The minimum atomic E-state index is -0.111. The van der Waals surface area contributed by atoms with Crippen LogP contribution in [0.25, 0.3) is 0 Å². The molecule has 0 aliphatic heterocycles. The molecule has 0 radical (unpaired) electrons. The Kier molecular flexibility index (Phi) is 3.43. The molecule has 88 valence electrons. The van der Waals surface area contributed by atoms with E-state index in [4.69, 9.17) is 4.74 Å². The van der Waals surface area contributed by atoms with Gasteiger partial charge in [0, 0.05) is 5.57 Å². The number of ketones is 1. The highest BCUT2D eigenvalue weighted by Crippen LogP contribution is 2.29. The summed E-state index contributed by atoms with van der Waals surface area (Å²) in [7, 11) is 0. The molecule has 2 rings (SSSR count). The lowest BCUT2D eigenvalue weighted by molar-refractivity contribution is -0.115. The largest absolute Gasteiger partial charge is 0.486 e. The Labute approximate surface area is 102 Å². The van der Waals surface area contributed by atoms with Gasteiger partial charge in [-0.25, -0.2) is 0 Å². The van der Waals surface area contributed by atoms with Crippen LogP contribution in [0.2, 0.25) is 0 Å². The molecule has 0 saturated heterocycles. The number of Topliss-reactive ketones (excluding diaryl/α,β-unsaturated/α-hetero) is 1. The Morgan fingerprint density at radius 1 is 1.41 bits per heavy atom. The van der Waals surface area contributed by atoms with Crippen molar-refractivity contribution in [2.24, 2.45) is 0 Å². The summed E-state index contributed by atoms with van der Waals surface area (Å²) in [5.74, 6) is 0.993. The fourth-order valence-electron chi connectivity index (χ4n) is 2.07. The van der Waals surface area contributed by atoms with E-state index in [0.717, 1.165) is 16.9 Å². The van der Waals surface area contributed by atoms with Crippen LogP contribution >= 0.6 is 0 Å². The maximum Gasteiger partial charge on any atom is 0.163 e. The van der Waals surface area contributed by atoms with Gasteiger partial charge in [-0.2, -0.15) is 0 Å². The zero-order chi connectivity index (χ0) is 12.3.